The Bertz CT molecular complexity index is 602. The highest BCUT2D eigenvalue weighted by atomic mass is 79.9. The normalized spacial score (nSPS) is 29.9. The summed E-state index contributed by atoms with van der Waals surface area (Å²) in [5, 5.41) is 0. The molecule has 2 fully saturated rings. The fourth-order valence-corrected chi connectivity index (χ4v) is 4.92. The van der Waals surface area contributed by atoms with Crippen LogP contribution in [0.5, 0.6) is 0 Å². The molecule has 2 bridgehead atoms. The number of ether oxygens (including phenoxy) is 1. The molecule has 0 spiro atoms. The van der Waals surface area contributed by atoms with Crippen LogP contribution in [0.4, 0.5) is 0 Å². The summed E-state index contributed by atoms with van der Waals surface area (Å²) in [7, 11) is -3.46. The van der Waals surface area contributed by atoms with Gasteiger partial charge in [-0.05, 0) is 49.9 Å². The second-order valence-electron chi connectivity index (χ2n) is 5.25. The van der Waals surface area contributed by atoms with Gasteiger partial charge < -0.3 is 4.74 Å². The molecule has 0 amide bonds. The third-order valence-corrected chi connectivity index (χ3v) is 5.98. The Morgan fingerprint density at radius 2 is 2.16 bits per heavy atom. The summed E-state index contributed by atoms with van der Waals surface area (Å²) in [5.74, 6) is 0. The second-order valence-corrected chi connectivity index (χ2v) is 7.85. The van der Waals surface area contributed by atoms with Gasteiger partial charge in [0.05, 0.1) is 23.1 Å². The van der Waals surface area contributed by atoms with E-state index in [4.69, 9.17) is 4.74 Å². The van der Waals surface area contributed by atoms with Crippen LogP contribution in [-0.4, -0.2) is 26.7 Å². The van der Waals surface area contributed by atoms with Crippen molar-refractivity contribution in [2.75, 3.05) is 0 Å². The molecule has 2 saturated heterocycles. The van der Waals surface area contributed by atoms with Crippen LogP contribution in [0.1, 0.15) is 24.8 Å². The van der Waals surface area contributed by atoms with Gasteiger partial charge in [0, 0.05) is 4.47 Å². The van der Waals surface area contributed by atoms with Crippen LogP contribution in [0.2, 0.25) is 0 Å². The maximum atomic E-state index is 12.4. The molecule has 1 aromatic rings. The first-order chi connectivity index (χ1) is 8.95. The van der Waals surface area contributed by atoms with Gasteiger partial charge in [0.15, 0.2) is 0 Å². The molecule has 2 aliphatic heterocycles. The number of fused-ring (bicyclic) bond motifs is 2. The van der Waals surface area contributed by atoms with Crippen LogP contribution >= 0.6 is 15.9 Å². The molecular weight excluding hydrogens is 330 g/mol. The SMILES string of the molecule is Cc1cc(Br)ccc1S(=O)(=O)N[C@H]1C[C@H]2CC[C@H]1O2. The Labute approximate surface area is 121 Å². The van der Waals surface area contributed by atoms with Crippen LogP contribution in [-0.2, 0) is 14.8 Å². The van der Waals surface area contributed by atoms with Crippen molar-refractivity contribution in [1.29, 1.82) is 0 Å². The molecule has 0 saturated carbocycles. The number of sulfonamides is 1. The van der Waals surface area contributed by atoms with Crippen molar-refractivity contribution in [3.8, 4) is 0 Å². The van der Waals surface area contributed by atoms with E-state index in [1.807, 2.05) is 6.07 Å². The number of hydrogen-bond acceptors (Lipinski definition) is 3. The third kappa shape index (κ3) is 2.59. The first-order valence-electron chi connectivity index (χ1n) is 6.40. The summed E-state index contributed by atoms with van der Waals surface area (Å²) in [4.78, 5) is 0.346. The molecule has 1 aromatic carbocycles. The van der Waals surface area contributed by atoms with E-state index in [1.54, 1.807) is 19.1 Å². The lowest BCUT2D eigenvalue weighted by Gasteiger charge is -2.20. The highest BCUT2D eigenvalue weighted by Gasteiger charge is 2.42. The van der Waals surface area contributed by atoms with E-state index in [9.17, 15) is 8.42 Å². The van der Waals surface area contributed by atoms with Crippen LogP contribution < -0.4 is 4.72 Å². The lowest BCUT2D eigenvalue weighted by Crippen LogP contribution is -2.41. The maximum Gasteiger partial charge on any atom is 0.241 e. The lowest BCUT2D eigenvalue weighted by molar-refractivity contribution is 0.0996. The summed E-state index contributed by atoms with van der Waals surface area (Å²) in [5.41, 5.74) is 0.742. The minimum Gasteiger partial charge on any atom is -0.373 e. The second kappa shape index (κ2) is 4.84. The largest absolute Gasteiger partial charge is 0.373 e. The van der Waals surface area contributed by atoms with Crippen molar-refractivity contribution >= 4 is 26.0 Å². The quantitative estimate of drug-likeness (QED) is 0.914. The van der Waals surface area contributed by atoms with Crippen molar-refractivity contribution in [2.24, 2.45) is 0 Å². The molecule has 0 unspecified atom stereocenters. The van der Waals surface area contributed by atoms with Gasteiger partial charge in [0.25, 0.3) is 0 Å². The summed E-state index contributed by atoms with van der Waals surface area (Å²) in [6.45, 7) is 1.80. The van der Waals surface area contributed by atoms with E-state index < -0.39 is 10.0 Å². The molecule has 3 rings (SSSR count). The molecule has 0 aliphatic carbocycles. The Balaban J connectivity index is 1.83. The number of benzene rings is 1. The molecule has 2 aliphatic rings. The van der Waals surface area contributed by atoms with Crippen LogP contribution in [0, 0.1) is 6.92 Å². The van der Waals surface area contributed by atoms with Crippen LogP contribution in [0.3, 0.4) is 0 Å². The third-order valence-electron chi connectivity index (χ3n) is 3.84. The topological polar surface area (TPSA) is 55.4 Å². The van der Waals surface area contributed by atoms with Crippen molar-refractivity contribution in [1.82, 2.24) is 4.72 Å². The molecule has 104 valence electrons. The van der Waals surface area contributed by atoms with E-state index in [-0.39, 0.29) is 18.2 Å². The predicted octanol–water partition coefficient (Wildman–Crippen LogP) is 2.36. The number of hydrogen-bond donors (Lipinski definition) is 1. The maximum absolute atomic E-state index is 12.4. The summed E-state index contributed by atoms with van der Waals surface area (Å²) < 4.78 is 34.2. The zero-order valence-electron chi connectivity index (χ0n) is 10.6. The zero-order valence-corrected chi connectivity index (χ0v) is 13.0. The average molecular weight is 346 g/mol. The van der Waals surface area contributed by atoms with Gasteiger partial charge >= 0.3 is 0 Å². The molecule has 3 atom stereocenters. The molecule has 0 aromatic heterocycles. The number of nitrogens with one attached hydrogen (secondary N) is 1. The minimum atomic E-state index is -3.46. The molecule has 6 heteroatoms. The fourth-order valence-electron chi connectivity index (χ4n) is 2.94. The van der Waals surface area contributed by atoms with Gasteiger partial charge in [-0.3, -0.25) is 0 Å². The van der Waals surface area contributed by atoms with E-state index >= 15 is 0 Å². The van der Waals surface area contributed by atoms with Crippen LogP contribution in [0.15, 0.2) is 27.6 Å². The van der Waals surface area contributed by atoms with Gasteiger partial charge in [-0.1, -0.05) is 15.9 Å². The average Bonchev–Trinajstić information content (AvgIpc) is 2.89. The highest BCUT2D eigenvalue weighted by Crippen LogP contribution is 2.35. The Morgan fingerprint density at radius 3 is 2.74 bits per heavy atom. The first-order valence-corrected chi connectivity index (χ1v) is 8.67. The van der Waals surface area contributed by atoms with Gasteiger partial charge in [-0.25, -0.2) is 13.1 Å². The van der Waals surface area contributed by atoms with Gasteiger partial charge in [-0.15, -0.1) is 0 Å². The summed E-state index contributed by atoms with van der Waals surface area (Å²) in [6.07, 6.45) is 3.09. The van der Waals surface area contributed by atoms with Gasteiger partial charge in [0.1, 0.15) is 0 Å². The number of halogens is 1. The van der Waals surface area contributed by atoms with E-state index in [2.05, 4.69) is 20.7 Å². The van der Waals surface area contributed by atoms with E-state index in [0.717, 1.165) is 29.3 Å². The molecule has 19 heavy (non-hydrogen) atoms. The minimum absolute atomic E-state index is 0.0514. The lowest BCUT2D eigenvalue weighted by atomic mass is 9.96. The summed E-state index contributed by atoms with van der Waals surface area (Å²) >= 11 is 3.34. The molecule has 0 radical (unpaired) electrons. The van der Waals surface area contributed by atoms with Gasteiger partial charge in [0.2, 0.25) is 10.0 Å². The standard InChI is InChI=1S/C13H16BrNO3S/c1-8-6-9(14)2-5-13(8)19(16,17)15-11-7-10-3-4-12(11)18-10/h2,5-6,10-12,15H,3-4,7H2,1H3/t10-,11+,12-/m1/s1. The van der Waals surface area contributed by atoms with Gasteiger partial charge in [-0.2, -0.15) is 0 Å². The molecule has 1 N–H and O–H groups in total. The molecular formula is C13H16BrNO3S. The monoisotopic (exact) mass is 345 g/mol. The molecule has 2 heterocycles. The molecule has 4 nitrogen and oxygen atoms in total. The van der Waals surface area contributed by atoms with E-state index in [0.29, 0.717) is 4.90 Å². The van der Waals surface area contributed by atoms with Crippen molar-refractivity contribution in [3.63, 3.8) is 0 Å². The smallest absolute Gasteiger partial charge is 0.241 e. The van der Waals surface area contributed by atoms with Crippen molar-refractivity contribution < 1.29 is 13.2 Å². The Morgan fingerprint density at radius 1 is 1.37 bits per heavy atom. The zero-order chi connectivity index (χ0) is 13.6. The Kier molecular flexibility index (Phi) is 3.45. The van der Waals surface area contributed by atoms with E-state index in [1.165, 1.54) is 0 Å². The Hall–Kier alpha value is -0.430. The number of aryl methyl sites for hydroxylation is 1. The van der Waals surface area contributed by atoms with Crippen molar-refractivity contribution in [2.45, 2.75) is 49.3 Å². The van der Waals surface area contributed by atoms with Crippen LogP contribution in [0.25, 0.3) is 0 Å². The highest BCUT2D eigenvalue weighted by molar-refractivity contribution is 9.10. The summed E-state index contributed by atoms with van der Waals surface area (Å²) in [6, 6.07) is 5.12. The number of rotatable bonds is 3. The fraction of sp³-hybridized carbons (Fsp3) is 0.538. The first kappa shape index (κ1) is 13.5. The van der Waals surface area contributed by atoms with Crippen molar-refractivity contribution in [3.05, 3.63) is 28.2 Å². The predicted molar refractivity (Wildman–Crippen MR) is 75.5 cm³/mol.